The number of benzene rings is 1. The number of nitrogens with zero attached hydrogens (tertiary/aromatic N) is 2. The van der Waals surface area contributed by atoms with Gasteiger partial charge in [-0.3, -0.25) is 20.1 Å². The molecular weight excluding hydrogens is 426 g/mol. The normalized spacial score (nSPS) is 22.4. The number of fused-ring (bicyclic) bond motifs is 3. The Morgan fingerprint density at radius 3 is 2.64 bits per heavy atom. The highest BCUT2D eigenvalue weighted by atomic mass is 16.5. The molecule has 0 atom stereocenters. The fourth-order valence-corrected chi connectivity index (χ4v) is 5.05. The standard InChI is InChI=1S/C23H27N5O5/c1-32-22(30)14-7-5-13(6-8-14)19-18-20(26-25-19)15-3-2-4-16(17(15)21(18)29)24-23(31)27-28-9-11-33-12-10-28/h2-4,13-14H,5-12H2,1H3,(H,25,26)(H2,24,27,31)/t13-,14-. The van der Waals surface area contributed by atoms with Crippen molar-refractivity contribution in [2.45, 2.75) is 31.6 Å². The average molecular weight is 453 g/mol. The number of H-pyrrole nitrogens is 1. The summed E-state index contributed by atoms with van der Waals surface area (Å²) in [4.78, 5) is 37.9. The van der Waals surface area contributed by atoms with Gasteiger partial charge in [-0.05, 0) is 31.7 Å². The second kappa shape index (κ2) is 8.95. The van der Waals surface area contributed by atoms with E-state index in [1.807, 2.05) is 12.1 Å². The molecule has 1 aliphatic heterocycles. The molecule has 2 aromatic rings. The van der Waals surface area contributed by atoms with Crippen molar-refractivity contribution in [3.63, 3.8) is 0 Å². The van der Waals surface area contributed by atoms with Gasteiger partial charge in [-0.25, -0.2) is 9.80 Å². The number of aromatic amines is 1. The highest BCUT2D eigenvalue weighted by Crippen LogP contribution is 2.45. The second-order valence-electron chi connectivity index (χ2n) is 8.65. The van der Waals surface area contributed by atoms with Crippen LogP contribution in [0.15, 0.2) is 18.2 Å². The van der Waals surface area contributed by atoms with Gasteiger partial charge in [0.15, 0.2) is 5.78 Å². The van der Waals surface area contributed by atoms with Crippen molar-refractivity contribution in [3.8, 4) is 11.3 Å². The van der Waals surface area contributed by atoms with Crippen LogP contribution in [-0.4, -0.2) is 66.4 Å². The van der Waals surface area contributed by atoms with Gasteiger partial charge in [0.25, 0.3) is 0 Å². The smallest absolute Gasteiger partial charge is 0.333 e. The van der Waals surface area contributed by atoms with Crippen LogP contribution in [0.5, 0.6) is 0 Å². The van der Waals surface area contributed by atoms with Crippen molar-refractivity contribution < 1.29 is 23.9 Å². The number of ether oxygens (including phenoxy) is 2. The number of esters is 1. The summed E-state index contributed by atoms with van der Waals surface area (Å²) in [6.07, 6.45) is 2.98. The number of methoxy groups -OCH3 is 1. The number of urea groups is 1. The molecule has 0 radical (unpaired) electrons. The van der Waals surface area contributed by atoms with Gasteiger partial charge in [0.1, 0.15) is 0 Å². The lowest BCUT2D eigenvalue weighted by Crippen LogP contribution is -2.49. The van der Waals surface area contributed by atoms with Crippen LogP contribution in [0.4, 0.5) is 10.5 Å². The first-order chi connectivity index (χ1) is 16.1. The molecule has 3 N–H and O–H groups in total. The molecule has 10 nitrogen and oxygen atoms in total. The van der Waals surface area contributed by atoms with Crippen LogP contribution in [-0.2, 0) is 14.3 Å². The SMILES string of the molecule is COC(=O)[C@H]1CC[C@H](c2n[nH]c3c2C(=O)c2c(NC(=O)NN4CCOCC4)cccc2-3)CC1. The molecule has 1 saturated carbocycles. The van der Waals surface area contributed by atoms with E-state index < -0.39 is 6.03 Å². The molecule has 1 saturated heterocycles. The Morgan fingerprint density at radius 1 is 1.15 bits per heavy atom. The Bertz CT molecular complexity index is 1080. The van der Waals surface area contributed by atoms with Crippen molar-refractivity contribution >= 4 is 23.5 Å². The fourth-order valence-electron chi connectivity index (χ4n) is 5.05. The van der Waals surface area contributed by atoms with E-state index in [1.165, 1.54) is 7.11 Å². The molecule has 0 spiro atoms. The molecule has 5 rings (SSSR count). The Morgan fingerprint density at radius 2 is 1.91 bits per heavy atom. The van der Waals surface area contributed by atoms with Crippen LogP contribution in [0.1, 0.15) is 53.2 Å². The third-order valence-corrected chi connectivity index (χ3v) is 6.75. The van der Waals surface area contributed by atoms with E-state index in [0.717, 1.165) is 24.1 Å². The Kier molecular flexibility index (Phi) is 5.86. The number of hydrazine groups is 1. The van der Waals surface area contributed by atoms with Crippen molar-refractivity contribution in [2.75, 3.05) is 38.7 Å². The summed E-state index contributed by atoms with van der Waals surface area (Å²) in [5, 5.41) is 12.2. The molecule has 33 heavy (non-hydrogen) atoms. The lowest BCUT2D eigenvalue weighted by atomic mass is 9.79. The minimum atomic E-state index is -0.395. The number of carbonyl (C=O) groups is 3. The molecule has 2 amide bonds. The third kappa shape index (κ3) is 4.00. The number of nitrogens with one attached hydrogen (secondary N) is 3. The Hall–Kier alpha value is -3.24. The van der Waals surface area contributed by atoms with E-state index in [1.54, 1.807) is 11.1 Å². The van der Waals surface area contributed by atoms with Crippen LogP contribution in [0.3, 0.4) is 0 Å². The van der Waals surface area contributed by atoms with Gasteiger partial charge in [-0.1, -0.05) is 12.1 Å². The van der Waals surface area contributed by atoms with E-state index in [-0.39, 0.29) is 23.6 Å². The topological polar surface area (TPSA) is 126 Å². The van der Waals surface area contributed by atoms with Gasteiger partial charge in [-0.15, -0.1) is 0 Å². The first kappa shape index (κ1) is 21.6. The summed E-state index contributed by atoms with van der Waals surface area (Å²) >= 11 is 0. The van der Waals surface area contributed by atoms with Gasteiger partial charge >= 0.3 is 12.0 Å². The number of rotatable bonds is 4. The molecule has 1 aromatic heterocycles. The zero-order valence-corrected chi connectivity index (χ0v) is 18.5. The second-order valence-corrected chi connectivity index (χ2v) is 8.65. The van der Waals surface area contributed by atoms with Gasteiger partial charge in [0.05, 0.1) is 54.4 Å². The molecule has 2 fully saturated rings. The summed E-state index contributed by atoms with van der Waals surface area (Å²) < 4.78 is 10.2. The molecule has 3 aliphatic rings. The minimum absolute atomic E-state index is 0.0908. The number of anilines is 1. The summed E-state index contributed by atoms with van der Waals surface area (Å²) in [5.41, 5.74) is 6.50. The van der Waals surface area contributed by atoms with Gasteiger partial charge in [0, 0.05) is 24.6 Å². The number of morpholine rings is 1. The van der Waals surface area contributed by atoms with Crippen molar-refractivity contribution in [2.24, 2.45) is 5.92 Å². The van der Waals surface area contributed by atoms with E-state index in [0.29, 0.717) is 61.7 Å². The first-order valence-electron chi connectivity index (χ1n) is 11.3. The zero-order valence-electron chi connectivity index (χ0n) is 18.5. The van der Waals surface area contributed by atoms with Crippen LogP contribution in [0, 0.1) is 5.92 Å². The summed E-state index contributed by atoms with van der Waals surface area (Å²) in [6, 6.07) is 5.01. The largest absolute Gasteiger partial charge is 0.469 e. The van der Waals surface area contributed by atoms with Crippen LogP contribution in [0.25, 0.3) is 11.3 Å². The number of aromatic nitrogens is 2. The van der Waals surface area contributed by atoms with Crippen molar-refractivity contribution in [3.05, 3.63) is 35.0 Å². The molecule has 0 bridgehead atoms. The third-order valence-electron chi connectivity index (χ3n) is 6.75. The number of ketones is 1. The monoisotopic (exact) mass is 453 g/mol. The molecule has 2 aliphatic carbocycles. The number of hydrogen-bond donors (Lipinski definition) is 3. The molecule has 174 valence electrons. The fraction of sp³-hybridized carbons (Fsp3) is 0.478. The van der Waals surface area contributed by atoms with Crippen molar-refractivity contribution in [1.29, 1.82) is 0 Å². The Balaban J connectivity index is 1.33. The first-order valence-corrected chi connectivity index (χ1v) is 11.3. The maximum atomic E-state index is 13.5. The summed E-state index contributed by atoms with van der Waals surface area (Å²) in [5.74, 6) is -0.298. The number of hydrogen-bond acceptors (Lipinski definition) is 7. The van der Waals surface area contributed by atoms with Crippen molar-refractivity contribution in [1.82, 2.24) is 20.6 Å². The van der Waals surface area contributed by atoms with E-state index in [9.17, 15) is 14.4 Å². The quantitative estimate of drug-likeness (QED) is 0.518. The van der Waals surface area contributed by atoms with Crippen LogP contribution in [0.2, 0.25) is 0 Å². The maximum Gasteiger partial charge on any atom is 0.333 e. The molecule has 10 heteroatoms. The predicted octanol–water partition coefficient (Wildman–Crippen LogP) is 2.44. The van der Waals surface area contributed by atoms with E-state index >= 15 is 0 Å². The lowest BCUT2D eigenvalue weighted by Gasteiger charge is -2.27. The molecule has 0 unspecified atom stereocenters. The molecular formula is C23H27N5O5. The van der Waals surface area contributed by atoms with E-state index in [4.69, 9.17) is 9.47 Å². The zero-order chi connectivity index (χ0) is 22.9. The minimum Gasteiger partial charge on any atom is -0.469 e. The van der Waals surface area contributed by atoms with Crippen LogP contribution >= 0.6 is 0 Å². The van der Waals surface area contributed by atoms with Gasteiger partial charge in [0.2, 0.25) is 0 Å². The Labute approximate surface area is 191 Å². The highest BCUT2D eigenvalue weighted by molar-refractivity contribution is 6.25. The number of amides is 2. The van der Waals surface area contributed by atoms with E-state index in [2.05, 4.69) is 20.9 Å². The van der Waals surface area contributed by atoms with Crippen LogP contribution < -0.4 is 10.7 Å². The molecule has 2 heterocycles. The molecule has 1 aromatic carbocycles. The predicted molar refractivity (Wildman–Crippen MR) is 119 cm³/mol. The summed E-state index contributed by atoms with van der Waals surface area (Å²) in [6.45, 7) is 2.34. The number of carbonyl (C=O) groups excluding carboxylic acids is 3. The van der Waals surface area contributed by atoms with Gasteiger partial charge in [-0.2, -0.15) is 5.10 Å². The lowest BCUT2D eigenvalue weighted by molar-refractivity contribution is -0.146. The highest BCUT2D eigenvalue weighted by Gasteiger charge is 2.38. The maximum absolute atomic E-state index is 13.5. The summed E-state index contributed by atoms with van der Waals surface area (Å²) in [7, 11) is 1.41. The average Bonchev–Trinajstić information content (AvgIpc) is 3.40. The van der Waals surface area contributed by atoms with Gasteiger partial charge < -0.3 is 14.8 Å².